The maximum atomic E-state index is 13.7. The number of nitrogens with zero attached hydrogens (tertiary/aromatic N) is 3. The molecule has 1 aromatic heterocycles. The van der Waals surface area contributed by atoms with Crippen molar-refractivity contribution >= 4 is 50.7 Å². The Bertz CT molecular complexity index is 1780. The van der Waals surface area contributed by atoms with Crippen LogP contribution in [0.1, 0.15) is 23.6 Å². The minimum Gasteiger partial charge on any atom is -0.313 e. The lowest BCUT2D eigenvalue weighted by atomic mass is 9.99. The normalized spacial score (nSPS) is 15.6. The van der Waals surface area contributed by atoms with E-state index in [4.69, 9.17) is 16.6 Å². The summed E-state index contributed by atoms with van der Waals surface area (Å²) in [4.78, 5) is 35.7. The Morgan fingerprint density at radius 2 is 1.76 bits per heavy atom. The molecule has 0 saturated heterocycles. The summed E-state index contributed by atoms with van der Waals surface area (Å²) < 4.78 is 1.69. The number of likely N-dealkylation sites (N-methyl/N-ethyl adjacent to an activating group) is 1. The van der Waals surface area contributed by atoms with Gasteiger partial charge < -0.3 is 9.88 Å². The fourth-order valence-electron chi connectivity index (χ4n) is 5.18. The zero-order valence-corrected chi connectivity index (χ0v) is 21.3. The van der Waals surface area contributed by atoms with Gasteiger partial charge in [0.15, 0.2) is 0 Å². The van der Waals surface area contributed by atoms with E-state index in [1.54, 1.807) is 22.6 Å². The molecular formula is C30H25ClN4O2. The van der Waals surface area contributed by atoms with E-state index in [1.807, 2.05) is 49.4 Å². The Hall–Kier alpha value is -4.16. The van der Waals surface area contributed by atoms with Crippen LogP contribution in [0.2, 0.25) is 5.02 Å². The van der Waals surface area contributed by atoms with Crippen LogP contribution in [-0.2, 0) is 17.8 Å². The van der Waals surface area contributed by atoms with Crippen molar-refractivity contribution in [3.63, 3.8) is 0 Å². The molecule has 2 heterocycles. The predicted molar refractivity (Wildman–Crippen MR) is 150 cm³/mol. The van der Waals surface area contributed by atoms with Crippen LogP contribution in [-0.4, -0.2) is 34.3 Å². The van der Waals surface area contributed by atoms with Crippen LogP contribution in [0.5, 0.6) is 0 Å². The summed E-state index contributed by atoms with van der Waals surface area (Å²) in [6.45, 7) is 2.48. The number of aromatic nitrogens is 2. The van der Waals surface area contributed by atoms with Crippen molar-refractivity contribution in [2.45, 2.75) is 25.9 Å². The van der Waals surface area contributed by atoms with Gasteiger partial charge in [0.1, 0.15) is 6.04 Å². The number of aliphatic imine (C=N–C) groups is 1. The van der Waals surface area contributed by atoms with E-state index in [-0.39, 0.29) is 11.6 Å². The van der Waals surface area contributed by atoms with Gasteiger partial charge in [-0.05, 0) is 53.6 Å². The summed E-state index contributed by atoms with van der Waals surface area (Å²) in [6.07, 6.45) is 0.464. The lowest BCUT2D eigenvalue weighted by Gasteiger charge is -2.20. The number of hydrogen-bond donors (Lipinski definition) is 1. The van der Waals surface area contributed by atoms with Crippen molar-refractivity contribution in [1.29, 1.82) is 0 Å². The van der Waals surface area contributed by atoms with Gasteiger partial charge in [-0.15, -0.1) is 0 Å². The topological polar surface area (TPSA) is 70.5 Å². The molecule has 1 aliphatic rings. The first kappa shape index (κ1) is 23.3. The fourth-order valence-corrected chi connectivity index (χ4v) is 5.35. The summed E-state index contributed by atoms with van der Waals surface area (Å²) >= 11 is 6.43. The molecule has 0 spiro atoms. The van der Waals surface area contributed by atoms with E-state index in [2.05, 4.69) is 35.3 Å². The molecule has 1 aliphatic heterocycles. The zero-order chi connectivity index (χ0) is 25.7. The number of fused-ring (bicyclic) bond motifs is 3. The van der Waals surface area contributed by atoms with Gasteiger partial charge in [-0.2, -0.15) is 0 Å². The third kappa shape index (κ3) is 4.03. The average Bonchev–Trinajstić information content (AvgIpc) is 3.19. The lowest BCUT2D eigenvalue weighted by Crippen LogP contribution is -2.36. The molecule has 0 bridgehead atoms. The molecule has 37 heavy (non-hydrogen) atoms. The molecule has 0 saturated carbocycles. The number of benzene rings is 4. The number of anilines is 1. The number of H-pyrrole nitrogens is 1. The maximum absolute atomic E-state index is 13.7. The Morgan fingerprint density at radius 1 is 0.946 bits per heavy atom. The highest BCUT2D eigenvalue weighted by Crippen LogP contribution is 2.32. The minimum absolute atomic E-state index is 0.0834. The molecule has 6 rings (SSSR count). The number of carbonyl (C=O) groups is 1. The largest absolute Gasteiger partial charge is 0.326 e. The molecule has 0 radical (unpaired) electrons. The molecule has 7 heteroatoms. The number of aromatic amines is 1. The van der Waals surface area contributed by atoms with Crippen molar-refractivity contribution < 1.29 is 4.79 Å². The standard InChI is InChI=1S/C30H25ClN4O2/c1-3-35-27-16-21(10-12-24(27)33-30(35)37)28-23-17-22(31)11-13-26(23)34(2)29(36)25(32-28)15-18-8-9-19-6-4-5-7-20(19)14-18/h4-14,16-17,25H,3,15H2,1-2H3,(H,33,37). The Kier molecular flexibility index (Phi) is 5.69. The Balaban J connectivity index is 1.52. The van der Waals surface area contributed by atoms with E-state index in [0.717, 1.165) is 44.2 Å². The molecule has 1 amide bonds. The van der Waals surface area contributed by atoms with E-state index >= 15 is 0 Å². The summed E-state index contributed by atoms with van der Waals surface area (Å²) in [6, 6.07) is 25.1. The van der Waals surface area contributed by atoms with Gasteiger partial charge in [-0.3, -0.25) is 14.4 Å². The number of halogens is 1. The molecule has 4 aromatic carbocycles. The third-order valence-corrected chi connectivity index (χ3v) is 7.32. The molecule has 0 aliphatic carbocycles. The van der Waals surface area contributed by atoms with Crippen molar-refractivity contribution in [1.82, 2.24) is 9.55 Å². The zero-order valence-electron chi connectivity index (χ0n) is 20.5. The van der Waals surface area contributed by atoms with Crippen LogP contribution in [0.3, 0.4) is 0 Å². The second-order valence-corrected chi connectivity index (χ2v) is 9.78. The van der Waals surface area contributed by atoms with Crippen LogP contribution < -0.4 is 10.6 Å². The number of imidazole rings is 1. The highest BCUT2D eigenvalue weighted by atomic mass is 35.5. The van der Waals surface area contributed by atoms with Gasteiger partial charge in [-0.25, -0.2) is 4.79 Å². The lowest BCUT2D eigenvalue weighted by molar-refractivity contribution is -0.119. The number of hydrogen-bond acceptors (Lipinski definition) is 3. The van der Waals surface area contributed by atoms with Gasteiger partial charge in [0.2, 0.25) is 0 Å². The first-order valence-electron chi connectivity index (χ1n) is 12.3. The second-order valence-electron chi connectivity index (χ2n) is 9.34. The summed E-state index contributed by atoms with van der Waals surface area (Å²) in [5.74, 6) is -0.0834. The van der Waals surface area contributed by atoms with Crippen molar-refractivity contribution in [2.24, 2.45) is 4.99 Å². The van der Waals surface area contributed by atoms with Crippen LogP contribution in [0.4, 0.5) is 5.69 Å². The molecule has 0 fully saturated rings. The van der Waals surface area contributed by atoms with E-state index in [9.17, 15) is 9.59 Å². The number of carbonyl (C=O) groups excluding carboxylic acids is 1. The highest BCUT2D eigenvalue weighted by Gasteiger charge is 2.30. The molecule has 1 N–H and O–H groups in total. The van der Waals surface area contributed by atoms with Gasteiger partial charge in [0.25, 0.3) is 5.91 Å². The summed E-state index contributed by atoms with van der Waals surface area (Å²) in [5, 5.41) is 2.85. The van der Waals surface area contributed by atoms with E-state index in [1.165, 1.54) is 0 Å². The van der Waals surface area contributed by atoms with Crippen LogP contribution >= 0.6 is 11.6 Å². The van der Waals surface area contributed by atoms with Gasteiger partial charge in [0.05, 0.1) is 22.4 Å². The Morgan fingerprint density at radius 3 is 2.57 bits per heavy atom. The molecule has 184 valence electrons. The Labute approximate surface area is 218 Å². The van der Waals surface area contributed by atoms with Crippen molar-refractivity contribution in [2.75, 3.05) is 11.9 Å². The number of amides is 1. The highest BCUT2D eigenvalue weighted by molar-refractivity contribution is 6.32. The molecular weight excluding hydrogens is 484 g/mol. The first-order chi connectivity index (χ1) is 17.9. The smallest absolute Gasteiger partial charge is 0.313 e. The quantitative estimate of drug-likeness (QED) is 0.344. The van der Waals surface area contributed by atoms with E-state index in [0.29, 0.717) is 23.7 Å². The maximum Gasteiger partial charge on any atom is 0.326 e. The van der Waals surface area contributed by atoms with Gasteiger partial charge >= 0.3 is 5.69 Å². The fraction of sp³-hybridized carbons (Fsp3) is 0.167. The number of benzodiazepines with no additional fused rings is 1. The summed E-state index contributed by atoms with van der Waals surface area (Å²) in [7, 11) is 1.78. The van der Waals surface area contributed by atoms with Crippen molar-refractivity contribution in [3.05, 3.63) is 111 Å². The number of nitrogens with one attached hydrogen (secondary N) is 1. The van der Waals surface area contributed by atoms with Crippen LogP contribution in [0.25, 0.3) is 21.8 Å². The predicted octanol–water partition coefficient (Wildman–Crippen LogP) is 5.58. The molecule has 1 unspecified atom stereocenters. The van der Waals surface area contributed by atoms with Gasteiger partial charge in [-0.1, -0.05) is 60.1 Å². The minimum atomic E-state index is -0.623. The van der Waals surface area contributed by atoms with Crippen molar-refractivity contribution in [3.8, 4) is 0 Å². The molecule has 6 nitrogen and oxygen atoms in total. The number of aryl methyl sites for hydroxylation is 1. The van der Waals surface area contributed by atoms with Gasteiger partial charge in [0, 0.05) is 36.2 Å². The monoisotopic (exact) mass is 508 g/mol. The first-order valence-corrected chi connectivity index (χ1v) is 12.7. The van der Waals surface area contributed by atoms with E-state index < -0.39 is 6.04 Å². The molecule has 1 atom stereocenters. The SMILES string of the molecule is CCn1c(=O)[nH]c2ccc(C3=NC(Cc4ccc5ccccc5c4)C(=O)N(C)c4ccc(Cl)cc43)cc21. The third-order valence-electron chi connectivity index (χ3n) is 7.08. The van der Waals surface area contributed by atoms with Crippen LogP contribution in [0, 0.1) is 0 Å². The summed E-state index contributed by atoms with van der Waals surface area (Å²) in [5.41, 5.74) is 5.48. The van der Waals surface area contributed by atoms with Crippen LogP contribution in [0.15, 0.2) is 88.6 Å². The second kappa shape index (κ2) is 9.05. The average molecular weight is 509 g/mol. The molecule has 5 aromatic rings. The number of rotatable bonds is 4.